The van der Waals surface area contributed by atoms with E-state index in [-0.39, 0.29) is 30.0 Å². The van der Waals surface area contributed by atoms with Gasteiger partial charge in [-0.3, -0.25) is 4.79 Å². The molecule has 3 heterocycles. The molecule has 0 aromatic heterocycles. The molecule has 9 nitrogen and oxygen atoms in total. The number of carbonyl (C=O) groups excluding carboxylic acids is 1. The summed E-state index contributed by atoms with van der Waals surface area (Å²) in [6.45, 7) is 2.16. The monoisotopic (exact) mass is 656 g/mol. The molecule has 222 valence electrons. The van der Waals surface area contributed by atoms with Crippen molar-refractivity contribution in [2.24, 2.45) is 0 Å². The third-order valence-corrected chi connectivity index (χ3v) is 10.0. The van der Waals surface area contributed by atoms with Crippen LogP contribution in [0.1, 0.15) is 30.4 Å². The average molecular weight is 658 g/mol. The Kier molecular flexibility index (Phi) is 8.56. The first-order valence-corrected chi connectivity index (χ1v) is 16.7. The van der Waals surface area contributed by atoms with Crippen molar-refractivity contribution in [2.45, 2.75) is 42.5 Å². The van der Waals surface area contributed by atoms with Crippen molar-refractivity contribution in [1.82, 2.24) is 4.31 Å². The van der Waals surface area contributed by atoms with Gasteiger partial charge in [0.25, 0.3) is 11.7 Å². The summed E-state index contributed by atoms with van der Waals surface area (Å²) >= 11 is 3.35. The average Bonchev–Trinajstić information content (AvgIpc) is 3.59. The van der Waals surface area contributed by atoms with E-state index in [1.807, 2.05) is 54.6 Å². The molecule has 3 aromatic carbocycles. The third-order valence-electron chi connectivity index (χ3n) is 7.76. The first-order valence-electron chi connectivity index (χ1n) is 14.1. The van der Waals surface area contributed by atoms with Gasteiger partial charge in [-0.1, -0.05) is 46.3 Å². The van der Waals surface area contributed by atoms with Gasteiger partial charge in [-0.05, 0) is 67.3 Å². The Morgan fingerprint density at radius 1 is 0.929 bits per heavy atom. The lowest BCUT2D eigenvalue weighted by atomic mass is 10.1. The van der Waals surface area contributed by atoms with Gasteiger partial charge in [0.2, 0.25) is 10.0 Å². The number of anilines is 1. The Hall–Kier alpha value is -2.96. The van der Waals surface area contributed by atoms with Crippen LogP contribution < -0.4 is 14.4 Å². The summed E-state index contributed by atoms with van der Waals surface area (Å²) in [5.74, 6) is -0.584. The van der Waals surface area contributed by atoms with Gasteiger partial charge >= 0.3 is 0 Å². The van der Waals surface area contributed by atoms with E-state index < -0.39 is 15.8 Å². The number of hydrogen-bond acceptors (Lipinski definition) is 7. The minimum atomic E-state index is -3.88. The molecule has 2 saturated heterocycles. The molecule has 1 spiro atoms. The molecule has 0 unspecified atom stereocenters. The number of para-hydroxylation sites is 1. The van der Waals surface area contributed by atoms with Crippen LogP contribution in [0.4, 0.5) is 5.69 Å². The van der Waals surface area contributed by atoms with Crippen LogP contribution in [0.25, 0.3) is 0 Å². The minimum absolute atomic E-state index is 0.105. The zero-order chi connectivity index (χ0) is 29.2. The van der Waals surface area contributed by atoms with Gasteiger partial charge in [0, 0.05) is 17.4 Å². The van der Waals surface area contributed by atoms with Crippen LogP contribution in [0.3, 0.4) is 0 Å². The highest BCUT2D eigenvalue weighted by molar-refractivity contribution is 9.09. The molecule has 1 amide bonds. The number of hydrogen-bond donors (Lipinski definition) is 0. The first kappa shape index (κ1) is 29.1. The SMILES string of the molecule is O=C1N(Cc2ccc(OCCBr)cc2)c2ccc(S(=O)(=O)N3CCC[C@H]3COc3ccccc3)cc2C12OCCCO2. The molecule has 3 aromatic rings. The molecular formula is C31H33BrN2O7S. The lowest BCUT2D eigenvalue weighted by Gasteiger charge is -2.32. The zero-order valence-corrected chi connectivity index (χ0v) is 25.5. The van der Waals surface area contributed by atoms with E-state index in [1.54, 1.807) is 23.1 Å². The molecule has 1 atom stereocenters. The lowest BCUT2D eigenvalue weighted by Crippen LogP contribution is -2.47. The van der Waals surface area contributed by atoms with Gasteiger partial charge in [0.15, 0.2) is 0 Å². The summed E-state index contributed by atoms with van der Waals surface area (Å²) < 4.78 is 53.1. The van der Waals surface area contributed by atoms with Crippen LogP contribution in [-0.4, -0.2) is 63.0 Å². The van der Waals surface area contributed by atoms with Crippen molar-refractivity contribution in [3.8, 4) is 11.5 Å². The van der Waals surface area contributed by atoms with Crippen LogP contribution >= 0.6 is 15.9 Å². The van der Waals surface area contributed by atoms with Crippen LogP contribution in [0.15, 0.2) is 77.7 Å². The fourth-order valence-corrected chi connectivity index (χ4v) is 7.58. The van der Waals surface area contributed by atoms with E-state index in [4.69, 9.17) is 18.9 Å². The van der Waals surface area contributed by atoms with Crippen LogP contribution in [0.5, 0.6) is 11.5 Å². The quantitative estimate of drug-likeness (QED) is 0.289. The summed E-state index contributed by atoms with van der Waals surface area (Å²) in [4.78, 5) is 15.6. The van der Waals surface area contributed by atoms with Crippen molar-refractivity contribution in [2.75, 3.05) is 43.2 Å². The molecule has 0 N–H and O–H groups in total. The topological polar surface area (TPSA) is 94.6 Å². The predicted octanol–water partition coefficient (Wildman–Crippen LogP) is 4.83. The summed E-state index contributed by atoms with van der Waals surface area (Å²) in [7, 11) is -3.88. The minimum Gasteiger partial charge on any atom is -0.493 e. The highest BCUT2D eigenvalue weighted by Crippen LogP contribution is 2.47. The van der Waals surface area contributed by atoms with Gasteiger partial charge in [-0.15, -0.1) is 0 Å². The molecule has 0 bridgehead atoms. The number of alkyl halides is 1. The predicted molar refractivity (Wildman–Crippen MR) is 160 cm³/mol. The number of nitrogens with zero attached hydrogens (tertiary/aromatic N) is 2. The van der Waals surface area contributed by atoms with E-state index >= 15 is 0 Å². The smallest absolute Gasteiger partial charge is 0.292 e. The molecular weight excluding hydrogens is 624 g/mol. The van der Waals surface area contributed by atoms with Crippen molar-refractivity contribution >= 4 is 37.5 Å². The molecule has 42 heavy (non-hydrogen) atoms. The third kappa shape index (κ3) is 5.56. The Labute approximate surface area is 254 Å². The number of amides is 1. The molecule has 6 rings (SSSR count). The summed E-state index contributed by atoms with van der Waals surface area (Å²) in [5, 5.41) is 0.730. The number of ether oxygens (including phenoxy) is 4. The van der Waals surface area contributed by atoms with Crippen LogP contribution in [-0.2, 0) is 36.6 Å². The molecule has 11 heteroatoms. The Balaban J connectivity index is 1.28. The number of fused-ring (bicyclic) bond motifs is 2. The second kappa shape index (κ2) is 12.3. The van der Waals surface area contributed by atoms with E-state index in [1.165, 1.54) is 4.31 Å². The van der Waals surface area contributed by atoms with Crippen molar-refractivity contribution in [3.63, 3.8) is 0 Å². The van der Waals surface area contributed by atoms with Crippen molar-refractivity contribution in [3.05, 3.63) is 83.9 Å². The maximum atomic E-state index is 14.0. The molecule has 3 aliphatic rings. The number of sulfonamides is 1. The van der Waals surface area contributed by atoms with Crippen LogP contribution in [0, 0.1) is 0 Å². The maximum Gasteiger partial charge on any atom is 0.292 e. The largest absolute Gasteiger partial charge is 0.493 e. The molecule has 0 aliphatic carbocycles. The highest BCUT2D eigenvalue weighted by atomic mass is 79.9. The maximum absolute atomic E-state index is 14.0. The van der Waals surface area contributed by atoms with E-state index in [2.05, 4.69) is 15.9 Å². The number of benzene rings is 3. The molecule has 0 saturated carbocycles. The van der Waals surface area contributed by atoms with Gasteiger partial charge in [0.05, 0.1) is 43.0 Å². The van der Waals surface area contributed by atoms with Crippen LogP contribution in [0.2, 0.25) is 0 Å². The second-order valence-corrected chi connectivity index (χ2v) is 13.1. The van der Waals surface area contributed by atoms with E-state index in [9.17, 15) is 13.2 Å². The lowest BCUT2D eigenvalue weighted by molar-refractivity contribution is -0.256. The van der Waals surface area contributed by atoms with Gasteiger partial charge in [-0.2, -0.15) is 4.31 Å². The standard InChI is InChI=1S/C31H33BrN2O7S/c32-15-19-38-26-11-9-23(10-12-26)21-33-29-14-13-27(20-28(29)31(30(33)35)40-17-5-18-41-31)42(36,37)34-16-4-6-24(34)22-39-25-7-2-1-3-8-25/h1-3,7-14,20,24H,4-6,15-19,21-22H2/t24-/m0/s1. The fraction of sp³-hybridized carbons (Fsp3) is 0.387. The summed E-state index contributed by atoms with van der Waals surface area (Å²) in [6, 6.07) is 21.5. The fourth-order valence-electron chi connectivity index (χ4n) is 5.71. The Morgan fingerprint density at radius 2 is 1.67 bits per heavy atom. The molecule has 3 aliphatic heterocycles. The first-order chi connectivity index (χ1) is 20.4. The van der Waals surface area contributed by atoms with Gasteiger partial charge in [-0.25, -0.2) is 8.42 Å². The van der Waals surface area contributed by atoms with E-state index in [0.717, 1.165) is 23.1 Å². The van der Waals surface area contributed by atoms with Crippen molar-refractivity contribution < 1.29 is 32.2 Å². The number of carbonyl (C=O) groups is 1. The van der Waals surface area contributed by atoms with Gasteiger partial charge < -0.3 is 23.8 Å². The normalized spacial score (nSPS) is 20.2. The molecule has 0 radical (unpaired) electrons. The summed E-state index contributed by atoms with van der Waals surface area (Å²) in [5.41, 5.74) is 1.89. The second-order valence-electron chi connectivity index (χ2n) is 10.5. The summed E-state index contributed by atoms with van der Waals surface area (Å²) in [6.07, 6.45) is 2.10. The zero-order valence-electron chi connectivity index (χ0n) is 23.1. The number of rotatable bonds is 10. The Bertz CT molecular complexity index is 1510. The Morgan fingerprint density at radius 3 is 2.40 bits per heavy atom. The highest BCUT2D eigenvalue weighted by Gasteiger charge is 2.55. The van der Waals surface area contributed by atoms with E-state index in [0.29, 0.717) is 56.2 Å². The number of halogens is 1. The van der Waals surface area contributed by atoms with Gasteiger partial charge in [0.1, 0.15) is 18.1 Å². The van der Waals surface area contributed by atoms with Crippen molar-refractivity contribution in [1.29, 1.82) is 0 Å². The molecule has 2 fully saturated rings.